The van der Waals surface area contributed by atoms with Gasteiger partial charge in [0.1, 0.15) is 18.0 Å². The van der Waals surface area contributed by atoms with Gasteiger partial charge in [-0.1, -0.05) is 132 Å². The number of amides is 1. The molecule has 0 bridgehead atoms. The molecule has 0 fully saturated rings. The van der Waals surface area contributed by atoms with Gasteiger partial charge in [-0.05, 0) is 68.7 Å². The maximum atomic E-state index is 12.5. The SMILES string of the molecule is CC(C)(C)OC(=O)CCCCCCCCCCCCCCCCC(=O)C[C@@H](CCCCNC(=O)OCC1c2ccccc2-c2ccccc21)C(=O)O. The van der Waals surface area contributed by atoms with Gasteiger partial charge in [0.25, 0.3) is 0 Å². The van der Waals surface area contributed by atoms with Crippen molar-refractivity contribution in [2.45, 2.75) is 161 Å². The van der Waals surface area contributed by atoms with Crippen molar-refractivity contribution in [3.8, 4) is 11.1 Å². The van der Waals surface area contributed by atoms with Gasteiger partial charge in [0.2, 0.25) is 0 Å². The average molecular weight is 720 g/mol. The lowest BCUT2D eigenvalue weighted by Gasteiger charge is -2.19. The molecule has 0 radical (unpaired) electrons. The molecule has 1 amide bonds. The van der Waals surface area contributed by atoms with Crippen molar-refractivity contribution >= 4 is 23.8 Å². The monoisotopic (exact) mass is 719 g/mol. The predicted molar refractivity (Wildman–Crippen MR) is 207 cm³/mol. The van der Waals surface area contributed by atoms with Crippen molar-refractivity contribution in [3.05, 3.63) is 59.7 Å². The molecule has 288 valence electrons. The minimum Gasteiger partial charge on any atom is -0.481 e. The van der Waals surface area contributed by atoms with Crippen LogP contribution in [0.2, 0.25) is 0 Å². The minimum absolute atomic E-state index is 0.00500. The van der Waals surface area contributed by atoms with Crippen molar-refractivity contribution in [1.82, 2.24) is 5.32 Å². The summed E-state index contributed by atoms with van der Waals surface area (Å²) < 4.78 is 10.9. The van der Waals surface area contributed by atoms with Gasteiger partial charge in [0.05, 0.1) is 5.92 Å². The number of carbonyl (C=O) groups excluding carboxylic acids is 3. The largest absolute Gasteiger partial charge is 0.481 e. The summed E-state index contributed by atoms with van der Waals surface area (Å²) in [7, 11) is 0. The van der Waals surface area contributed by atoms with Crippen molar-refractivity contribution in [1.29, 1.82) is 0 Å². The topological polar surface area (TPSA) is 119 Å². The Morgan fingerprint density at radius 2 is 1.15 bits per heavy atom. The van der Waals surface area contributed by atoms with Gasteiger partial charge >= 0.3 is 18.0 Å². The van der Waals surface area contributed by atoms with E-state index in [0.717, 1.165) is 43.2 Å². The zero-order valence-electron chi connectivity index (χ0n) is 32.2. The number of unbranched alkanes of at least 4 members (excludes halogenated alkanes) is 14. The third kappa shape index (κ3) is 16.8. The zero-order valence-corrected chi connectivity index (χ0v) is 32.2. The lowest BCUT2D eigenvalue weighted by atomic mass is 9.94. The first-order valence-electron chi connectivity index (χ1n) is 20.1. The predicted octanol–water partition coefficient (Wildman–Crippen LogP) is 10.9. The molecule has 0 saturated carbocycles. The standard InChI is InChI=1S/C44H65NO7/c1-44(2,3)52-41(47)30-17-15-13-11-9-7-5-4-6-8-10-12-14-16-25-35(46)32-34(42(48)49)24-22-23-31-45-43(50)51-33-40-38-28-20-18-26-36(38)37-27-19-21-29-39(37)40/h18-21,26-29,34,40H,4-17,22-25,30-33H2,1-3H3,(H,45,50)(H,48,49)/t34-/m1/s1. The van der Waals surface area contributed by atoms with Gasteiger partial charge in [-0.3, -0.25) is 14.4 Å². The first kappa shape index (κ1) is 42.7. The second-order valence-corrected chi connectivity index (χ2v) is 15.6. The van der Waals surface area contributed by atoms with Crippen LogP contribution in [0.4, 0.5) is 4.79 Å². The minimum atomic E-state index is -0.923. The van der Waals surface area contributed by atoms with Gasteiger partial charge < -0.3 is 19.9 Å². The first-order valence-corrected chi connectivity index (χ1v) is 20.1. The Hall–Kier alpha value is -3.68. The van der Waals surface area contributed by atoms with E-state index < -0.39 is 23.6 Å². The number of nitrogens with one attached hydrogen (secondary N) is 1. The fourth-order valence-corrected chi connectivity index (χ4v) is 7.15. The third-order valence-corrected chi connectivity index (χ3v) is 9.92. The second-order valence-electron chi connectivity index (χ2n) is 15.6. The highest BCUT2D eigenvalue weighted by atomic mass is 16.6. The number of aliphatic carboxylic acids is 1. The summed E-state index contributed by atoms with van der Waals surface area (Å²) in [4.78, 5) is 48.5. The summed E-state index contributed by atoms with van der Waals surface area (Å²) in [5.74, 6) is -1.65. The Labute approximate surface area is 312 Å². The van der Waals surface area contributed by atoms with Crippen LogP contribution in [-0.2, 0) is 23.9 Å². The molecular weight excluding hydrogens is 654 g/mol. The van der Waals surface area contributed by atoms with Gasteiger partial charge in [-0.15, -0.1) is 0 Å². The van der Waals surface area contributed by atoms with Gasteiger partial charge in [-0.2, -0.15) is 0 Å². The van der Waals surface area contributed by atoms with Crippen LogP contribution in [0.25, 0.3) is 11.1 Å². The van der Waals surface area contributed by atoms with Crippen LogP contribution < -0.4 is 5.32 Å². The summed E-state index contributed by atoms with van der Waals surface area (Å²) in [6.45, 7) is 6.37. The van der Waals surface area contributed by atoms with E-state index in [9.17, 15) is 24.3 Å². The molecule has 0 saturated heterocycles. The molecule has 8 heteroatoms. The molecule has 0 spiro atoms. The molecule has 2 aromatic rings. The van der Waals surface area contributed by atoms with Gasteiger partial charge in [0, 0.05) is 31.7 Å². The van der Waals surface area contributed by atoms with Crippen LogP contribution >= 0.6 is 0 Å². The average Bonchev–Trinajstić information content (AvgIpc) is 3.42. The number of hydrogen-bond donors (Lipinski definition) is 2. The maximum Gasteiger partial charge on any atom is 0.407 e. The smallest absolute Gasteiger partial charge is 0.407 e. The molecule has 0 aromatic heterocycles. The number of esters is 1. The molecule has 3 rings (SSSR count). The van der Waals surface area contributed by atoms with Gasteiger partial charge in [-0.25, -0.2) is 4.79 Å². The van der Waals surface area contributed by atoms with Crippen LogP contribution in [0.15, 0.2) is 48.5 Å². The summed E-state index contributed by atoms with van der Waals surface area (Å²) >= 11 is 0. The number of ether oxygens (including phenoxy) is 2. The van der Waals surface area contributed by atoms with Crippen LogP contribution in [0.1, 0.15) is 166 Å². The van der Waals surface area contributed by atoms with E-state index in [-0.39, 0.29) is 30.7 Å². The van der Waals surface area contributed by atoms with E-state index >= 15 is 0 Å². The number of carbonyl (C=O) groups is 4. The summed E-state index contributed by atoms with van der Waals surface area (Å²) in [6.07, 6.45) is 18.4. The molecule has 52 heavy (non-hydrogen) atoms. The number of benzene rings is 2. The molecule has 0 aliphatic heterocycles. The van der Waals surface area contributed by atoms with E-state index in [1.807, 2.05) is 45.0 Å². The molecular formula is C44H65NO7. The molecule has 0 heterocycles. The highest BCUT2D eigenvalue weighted by Gasteiger charge is 2.29. The fraction of sp³-hybridized carbons (Fsp3) is 0.636. The van der Waals surface area contributed by atoms with E-state index in [0.29, 0.717) is 38.6 Å². The number of alkyl carbamates (subject to hydrolysis) is 1. The van der Waals surface area contributed by atoms with Crippen molar-refractivity contribution in [2.24, 2.45) is 5.92 Å². The van der Waals surface area contributed by atoms with Gasteiger partial charge in [0.15, 0.2) is 0 Å². The summed E-state index contributed by atoms with van der Waals surface area (Å²) in [5.41, 5.74) is 4.30. The van der Waals surface area contributed by atoms with E-state index in [1.165, 1.54) is 68.9 Å². The molecule has 2 aromatic carbocycles. The highest BCUT2D eigenvalue weighted by molar-refractivity contribution is 5.83. The third-order valence-electron chi connectivity index (χ3n) is 9.92. The Balaban J connectivity index is 1.12. The van der Waals surface area contributed by atoms with Crippen molar-refractivity contribution < 1.29 is 33.8 Å². The Morgan fingerprint density at radius 3 is 1.65 bits per heavy atom. The highest BCUT2D eigenvalue weighted by Crippen LogP contribution is 2.44. The van der Waals surface area contributed by atoms with Crippen LogP contribution in [0, 0.1) is 5.92 Å². The molecule has 1 aliphatic carbocycles. The number of fused-ring (bicyclic) bond motifs is 3. The molecule has 1 aliphatic rings. The normalized spacial score (nSPS) is 12.9. The molecule has 8 nitrogen and oxygen atoms in total. The Kier molecular flexibility index (Phi) is 19.6. The summed E-state index contributed by atoms with van der Waals surface area (Å²) in [6, 6.07) is 16.4. The number of Topliss-reactive ketones (excluding diaryl/α,β-unsaturated/α-hetero) is 1. The zero-order chi connectivity index (χ0) is 37.6. The van der Waals surface area contributed by atoms with E-state index in [4.69, 9.17) is 9.47 Å². The number of carboxylic acids is 1. The molecule has 1 atom stereocenters. The lowest BCUT2D eigenvalue weighted by molar-refractivity contribution is -0.155. The molecule has 0 unspecified atom stereocenters. The molecule has 2 N–H and O–H groups in total. The van der Waals surface area contributed by atoms with Crippen molar-refractivity contribution in [2.75, 3.05) is 13.2 Å². The number of carboxylic acid groups (broad SMARTS) is 1. The Morgan fingerprint density at radius 1 is 0.673 bits per heavy atom. The van der Waals surface area contributed by atoms with E-state index in [2.05, 4.69) is 29.6 Å². The number of rotatable bonds is 27. The summed E-state index contributed by atoms with van der Waals surface area (Å²) in [5, 5.41) is 12.5. The maximum absolute atomic E-state index is 12.5. The number of hydrogen-bond acceptors (Lipinski definition) is 6. The quantitative estimate of drug-likeness (QED) is 0.0696. The lowest BCUT2D eigenvalue weighted by Crippen LogP contribution is -2.27. The van der Waals surface area contributed by atoms with Crippen LogP contribution in [0.3, 0.4) is 0 Å². The van der Waals surface area contributed by atoms with E-state index in [1.54, 1.807) is 0 Å². The number of ketones is 1. The Bertz CT molecular complexity index is 1340. The van der Waals surface area contributed by atoms with Crippen LogP contribution in [-0.4, -0.2) is 47.7 Å². The van der Waals surface area contributed by atoms with Crippen LogP contribution in [0.5, 0.6) is 0 Å². The fourth-order valence-electron chi connectivity index (χ4n) is 7.15. The second kappa shape index (κ2) is 23.8. The van der Waals surface area contributed by atoms with Crippen molar-refractivity contribution in [3.63, 3.8) is 0 Å². The first-order chi connectivity index (χ1) is 25.0.